The van der Waals surface area contributed by atoms with Gasteiger partial charge in [0.2, 0.25) is 0 Å². The van der Waals surface area contributed by atoms with Gasteiger partial charge in [-0.2, -0.15) is 0 Å². The minimum atomic E-state index is -1.92. The summed E-state index contributed by atoms with van der Waals surface area (Å²) in [6, 6.07) is 28.6. The van der Waals surface area contributed by atoms with Gasteiger partial charge >= 0.3 is 42.2 Å². The fraction of sp³-hybridized carbons (Fsp3) is 0. The largest absolute Gasteiger partial charge is 0.265 e. The van der Waals surface area contributed by atoms with Gasteiger partial charge in [-0.3, -0.25) is 9.97 Å². The summed E-state index contributed by atoms with van der Waals surface area (Å²) < 4.78 is 0. The van der Waals surface area contributed by atoms with Crippen LogP contribution in [0.1, 0.15) is 0 Å². The summed E-state index contributed by atoms with van der Waals surface area (Å²) in [4.78, 5) is 7.94. The molecule has 0 saturated heterocycles. The molecule has 2 aromatic heterocycles. The van der Waals surface area contributed by atoms with Gasteiger partial charge in [0.05, 0.1) is 0 Å². The van der Waals surface area contributed by atoms with Gasteiger partial charge < -0.3 is 0 Å². The molecule has 0 aliphatic carbocycles. The monoisotopic (exact) mass is 608 g/mol. The van der Waals surface area contributed by atoms with Crippen LogP contribution in [-0.2, 0) is 13.5 Å². The van der Waals surface area contributed by atoms with E-state index >= 15 is 0 Å². The van der Waals surface area contributed by atoms with E-state index in [1.807, 2.05) is 85.5 Å². The number of halogens is 3. The number of aromatic nitrogens is 2. The van der Waals surface area contributed by atoms with E-state index in [-0.39, 0.29) is 0 Å². The second-order valence-electron chi connectivity index (χ2n) is 5.35. The van der Waals surface area contributed by atoms with E-state index in [2.05, 4.69) is 34.2 Å². The molecule has 0 aliphatic rings. The fourth-order valence-corrected chi connectivity index (χ4v) is 2.35. The summed E-state index contributed by atoms with van der Waals surface area (Å²) in [5.74, 6) is 0. The molecule has 0 N–H and O–H groups in total. The molecule has 2 heterocycles. The topological polar surface area (TPSA) is 25.8 Å². The zero-order valence-corrected chi connectivity index (χ0v) is 19.4. The maximum atomic E-state index is 4.97. The Kier molecular flexibility index (Phi) is 10.8. The Morgan fingerprint density at radius 3 is 0.964 bits per heavy atom. The van der Waals surface area contributed by atoms with Crippen LogP contribution in [0.2, 0.25) is 0 Å². The summed E-state index contributed by atoms with van der Waals surface area (Å²) in [6.07, 6.45) is 7.23. The Morgan fingerprint density at radius 2 is 0.679 bits per heavy atom. The molecule has 0 fully saturated rings. The van der Waals surface area contributed by atoms with Gasteiger partial charge in [-0.15, -0.1) is 0 Å². The van der Waals surface area contributed by atoms with Crippen molar-refractivity contribution in [2.24, 2.45) is 0 Å². The maximum Gasteiger partial charge on any atom is 0.0273 e. The first-order chi connectivity index (χ1) is 13.7. The van der Waals surface area contributed by atoms with E-state index in [4.69, 9.17) is 28.8 Å². The second-order valence-corrected chi connectivity index (χ2v) is 15.7. The average Bonchev–Trinajstić information content (AvgIpc) is 2.76. The predicted molar refractivity (Wildman–Crippen MR) is 117 cm³/mol. The number of rotatable bonds is 2. The molecule has 146 valence electrons. The molecule has 0 spiro atoms. The van der Waals surface area contributed by atoms with Gasteiger partial charge in [0.1, 0.15) is 0 Å². The molecule has 4 aromatic rings. The van der Waals surface area contributed by atoms with Crippen molar-refractivity contribution < 1.29 is 13.5 Å². The zero-order valence-electron chi connectivity index (χ0n) is 14.8. The standard InChI is InChI=1S/2C11H9N.3ClH.Ir/c2*1-2-4-10(5-3-1)11-6-8-12-9-7-11;;;;/h2*1-9H;3*1H;/q;;;;;+3/p-3. The minimum absolute atomic E-state index is 1.21. The molecule has 0 atom stereocenters. The van der Waals surface area contributed by atoms with Crippen molar-refractivity contribution in [1.82, 2.24) is 9.97 Å². The molecule has 0 unspecified atom stereocenters. The Labute approximate surface area is 183 Å². The van der Waals surface area contributed by atoms with Crippen molar-refractivity contribution in [3.05, 3.63) is 110 Å². The normalized spacial score (nSPS) is 9.89. The quantitative estimate of drug-likeness (QED) is 0.235. The van der Waals surface area contributed by atoms with Crippen molar-refractivity contribution in [2.75, 3.05) is 0 Å². The van der Waals surface area contributed by atoms with Gasteiger partial charge in [0, 0.05) is 24.8 Å². The third-order valence-electron chi connectivity index (χ3n) is 3.57. The maximum absolute atomic E-state index is 4.97. The van der Waals surface area contributed by atoms with E-state index in [1.54, 1.807) is 0 Å². The van der Waals surface area contributed by atoms with Gasteiger partial charge in [-0.05, 0) is 46.5 Å². The van der Waals surface area contributed by atoms with Gasteiger partial charge in [0.25, 0.3) is 0 Å². The van der Waals surface area contributed by atoms with E-state index in [1.165, 1.54) is 22.3 Å². The van der Waals surface area contributed by atoms with Crippen LogP contribution in [0.3, 0.4) is 0 Å². The summed E-state index contributed by atoms with van der Waals surface area (Å²) in [7, 11) is 14.9. The summed E-state index contributed by atoms with van der Waals surface area (Å²) >= 11 is -1.92. The molecule has 2 aromatic carbocycles. The van der Waals surface area contributed by atoms with E-state index in [9.17, 15) is 0 Å². The second kappa shape index (κ2) is 13.4. The average molecular weight is 609 g/mol. The third kappa shape index (κ3) is 8.97. The van der Waals surface area contributed by atoms with Gasteiger partial charge in [0.15, 0.2) is 0 Å². The SMILES string of the molecule is [Cl][Ir]([Cl])[Cl].c1ccc(-c2ccncc2)cc1.c1ccc(-c2ccncc2)cc1. The van der Waals surface area contributed by atoms with Gasteiger partial charge in [-0.25, -0.2) is 0 Å². The molecule has 0 bridgehead atoms. The minimum Gasteiger partial charge on any atom is -0.265 e. The van der Waals surface area contributed by atoms with Crippen LogP contribution in [0.4, 0.5) is 0 Å². The first kappa shape index (κ1) is 22.5. The van der Waals surface area contributed by atoms with Crippen molar-refractivity contribution in [2.45, 2.75) is 0 Å². The van der Waals surface area contributed by atoms with Crippen molar-refractivity contribution in [1.29, 1.82) is 0 Å². The van der Waals surface area contributed by atoms with Crippen LogP contribution in [0.5, 0.6) is 0 Å². The molecular formula is C22H18Cl3IrN2. The van der Waals surface area contributed by atoms with Crippen LogP contribution < -0.4 is 0 Å². The molecule has 0 radical (unpaired) electrons. The molecule has 0 aliphatic heterocycles. The molecule has 0 saturated carbocycles. The molecule has 2 nitrogen and oxygen atoms in total. The fourth-order valence-electron chi connectivity index (χ4n) is 2.35. The van der Waals surface area contributed by atoms with Crippen LogP contribution in [0.15, 0.2) is 110 Å². The van der Waals surface area contributed by atoms with Crippen LogP contribution in [-0.4, -0.2) is 9.97 Å². The first-order valence-corrected chi connectivity index (χ1v) is 17.1. The molecule has 28 heavy (non-hydrogen) atoms. The summed E-state index contributed by atoms with van der Waals surface area (Å²) in [5, 5.41) is 0. The van der Waals surface area contributed by atoms with Crippen LogP contribution in [0, 0.1) is 0 Å². The molecule has 0 amide bonds. The van der Waals surface area contributed by atoms with Crippen molar-refractivity contribution >= 4 is 28.8 Å². The third-order valence-corrected chi connectivity index (χ3v) is 3.57. The number of benzene rings is 2. The van der Waals surface area contributed by atoms with Gasteiger partial charge in [-0.1, -0.05) is 60.7 Å². The van der Waals surface area contributed by atoms with Crippen LogP contribution in [0.25, 0.3) is 22.3 Å². The smallest absolute Gasteiger partial charge is 0.0273 e. The number of hydrogen-bond donors (Lipinski definition) is 0. The molecule has 4 rings (SSSR count). The summed E-state index contributed by atoms with van der Waals surface area (Å²) in [5.41, 5.74) is 4.90. The van der Waals surface area contributed by atoms with E-state index in [0.29, 0.717) is 0 Å². The van der Waals surface area contributed by atoms with E-state index < -0.39 is 13.5 Å². The van der Waals surface area contributed by atoms with E-state index in [0.717, 1.165) is 0 Å². The van der Waals surface area contributed by atoms with Crippen LogP contribution >= 0.6 is 28.8 Å². The predicted octanol–water partition coefficient (Wildman–Crippen LogP) is 7.56. The molecule has 6 heteroatoms. The zero-order chi connectivity index (χ0) is 20.0. The number of nitrogens with zero attached hydrogens (tertiary/aromatic N) is 2. The Morgan fingerprint density at radius 1 is 0.429 bits per heavy atom. The first-order valence-electron chi connectivity index (χ1n) is 8.22. The Balaban J connectivity index is 0.000000169. The summed E-state index contributed by atoms with van der Waals surface area (Å²) in [6.45, 7) is 0. The Bertz CT molecular complexity index is 741. The molecular weight excluding hydrogens is 591 g/mol. The number of pyridine rings is 2. The van der Waals surface area contributed by atoms with Crippen molar-refractivity contribution in [3.63, 3.8) is 0 Å². The van der Waals surface area contributed by atoms with Crippen molar-refractivity contribution in [3.8, 4) is 22.3 Å². The number of hydrogen-bond acceptors (Lipinski definition) is 2. The Hall–Kier alpha value is -1.74.